The zero-order chi connectivity index (χ0) is 13.1. The lowest BCUT2D eigenvalue weighted by molar-refractivity contribution is 0.514. The maximum absolute atomic E-state index is 5.61. The van der Waals surface area contributed by atoms with Crippen molar-refractivity contribution in [2.24, 2.45) is 11.7 Å². The molecule has 0 radical (unpaired) electrons. The van der Waals surface area contributed by atoms with Crippen molar-refractivity contribution in [3.8, 4) is 0 Å². The van der Waals surface area contributed by atoms with Crippen molar-refractivity contribution in [3.63, 3.8) is 0 Å². The summed E-state index contributed by atoms with van der Waals surface area (Å²) in [6, 6.07) is 6.51. The highest BCUT2D eigenvalue weighted by atomic mass is 15.1. The monoisotopic (exact) mass is 245 g/mol. The molecule has 0 fully saturated rings. The van der Waals surface area contributed by atoms with Crippen LogP contribution >= 0.6 is 0 Å². The topological polar surface area (TPSA) is 43.8 Å². The van der Waals surface area contributed by atoms with Crippen LogP contribution in [0.4, 0.5) is 0 Å². The number of imidazole rings is 1. The molecule has 98 valence electrons. The number of hydrogen-bond acceptors (Lipinski definition) is 2. The van der Waals surface area contributed by atoms with Crippen LogP contribution in [0.1, 0.15) is 31.7 Å². The van der Waals surface area contributed by atoms with Crippen molar-refractivity contribution in [1.82, 2.24) is 9.55 Å². The fraction of sp³-hybridized carbons (Fsp3) is 0.533. The van der Waals surface area contributed by atoms with Gasteiger partial charge in [0.25, 0.3) is 0 Å². The van der Waals surface area contributed by atoms with Gasteiger partial charge in [0.05, 0.1) is 11.0 Å². The van der Waals surface area contributed by atoms with Crippen LogP contribution in [0.5, 0.6) is 0 Å². The fourth-order valence-corrected chi connectivity index (χ4v) is 2.31. The van der Waals surface area contributed by atoms with Crippen LogP contribution in [0.25, 0.3) is 11.0 Å². The molecule has 0 spiro atoms. The number of benzene rings is 1. The van der Waals surface area contributed by atoms with Crippen molar-refractivity contribution in [2.75, 3.05) is 6.54 Å². The highest BCUT2D eigenvalue weighted by molar-refractivity contribution is 5.76. The number of fused-ring (bicyclic) bond motifs is 1. The summed E-state index contributed by atoms with van der Waals surface area (Å²) in [6.07, 6.45) is 1.97. The molecule has 0 amide bonds. The second kappa shape index (κ2) is 5.53. The molecule has 0 aliphatic heterocycles. The first-order chi connectivity index (χ1) is 8.61. The first-order valence-corrected chi connectivity index (χ1v) is 6.77. The third-order valence-corrected chi connectivity index (χ3v) is 3.14. The first kappa shape index (κ1) is 13.1. The zero-order valence-corrected chi connectivity index (χ0v) is 11.6. The summed E-state index contributed by atoms with van der Waals surface area (Å²) in [5.74, 6) is 1.80. The number of rotatable bonds is 5. The molecule has 0 aliphatic rings. The Kier molecular flexibility index (Phi) is 4.02. The van der Waals surface area contributed by atoms with Crippen molar-refractivity contribution < 1.29 is 0 Å². The molecule has 2 N–H and O–H groups in total. The van der Waals surface area contributed by atoms with Gasteiger partial charge in [0.2, 0.25) is 0 Å². The molecule has 1 aromatic heterocycles. The van der Waals surface area contributed by atoms with E-state index in [2.05, 4.69) is 43.5 Å². The van der Waals surface area contributed by atoms with Crippen LogP contribution in [-0.2, 0) is 13.0 Å². The van der Waals surface area contributed by atoms with Gasteiger partial charge in [0.1, 0.15) is 5.82 Å². The minimum absolute atomic E-state index is 0.625. The summed E-state index contributed by atoms with van der Waals surface area (Å²) in [7, 11) is 0. The summed E-state index contributed by atoms with van der Waals surface area (Å²) in [4.78, 5) is 4.77. The summed E-state index contributed by atoms with van der Waals surface area (Å²) < 4.78 is 2.36. The van der Waals surface area contributed by atoms with Crippen LogP contribution in [0.3, 0.4) is 0 Å². The largest absolute Gasteiger partial charge is 0.330 e. The predicted octanol–water partition coefficient (Wildman–Crippen LogP) is 2.89. The van der Waals surface area contributed by atoms with Crippen LogP contribution in [0.2, 0.25) is 0 Å². The summed E-state index contributed by atoms with van der Waals surface area (Å²) in [5, 5.41) is 0. The summed E-state index contributed by atoms with van der Waals surface area (Å²) >= 11 is 0. The highest BCUT2D eigenvalue weighted by Crippen LogP contribution is 2.20. The predicted molar refractivity (Wildman–Crippen MR) is 76.7 cm³/mol. The van der Waals surface area contributed by atoms with Crippen LogP contribution in [0.15, 0.2) is 18.2 Å². The molecule has 0 aliphatic carbocycles. The summed E-state index contributed by atoms with van der Waals surface area (Å²) in [5.41, 5.74) is 9.24. The molecular formula is C15H23N3. The lowest BCUT2D eigenvalue weighted by atomic mass is 10.2. The number of nitrogens with zero attached hydrogens (tertiary/aromatic N) is 2. The Hall–Kier alpha value is -1.35. The van der Waals surface area contributed by atoms with Gasteiger partial charge >= 0.3 is 0 Å². The average Bonchev–Trinajstić information content (AvgIpc) is 2.63. The molecule has 3 nitrogen and oxygen atoms in total. The van der Waals surface area contributed by atoms with E-state index in [1.165, 1.54) is 16.9 Å². The molecule has 0 bridgehead atoms. The molecule has 0 saturated heterocycles. The second-order valence-electron chi connectivity index (χ2n) is 5.42. The normalized spacial score (nSPS) is 11.6. The number of hydrogen-bond donors (Lipinski definition) is 1. The number of aryl methyl sites for hydroxylation is 2. The Balaban J connectivity index is 2.45. The molecule has 0 atom stereocenters. The third-order valence-electron chi connectivity index (χ3n) is 3.14. The molecule has 0 saturated carbocycles. The smallest absolute Gasteiger partial charge is 0.109 e. The average molecular weight is 245 g/mol. The lowest BCUT2D eigenvalue weighted by Gasteiger charge is -2.11. The van der Waals surface area contributed by atoms with E-state index in [1.807, 2.05) is 0 Å². The lowest BCUT2D eigenvalue weighted by Crippen LogP contribution is -2.10. The van der Waals surface area contributed by atoms with E-state index in [0.717, 1.165) is 31.4 Å². The van der Waals surface area contributed by atoms with Gasteiger partial charge in [0, 0.05) is 13.0 Å². The molecule has 3 heteroatoms. The molecule has 2 aromatic rings. The molecule has 2 rings (SSSR count). The van der Waals surface area contributed by atoms with Gasteiger partial charge in [-0.3, -0.25) is 0 Å². The van der Waals surface area contributed by atoms with Gasteiger partial charge in [-0.1, -0.05) is 19.9 Å². The van der Waals surface area contributed by atoms with E-state index in [-0.39, 0.29) is 0 Å². The number of nitrogens with two attached hydrogens (primary N) is 1. The van der Waals surface area contributed by atoms with Gasteiger partial charge in [-0.15, -0.1) is 0 Å². The maximum Gasteiger partial charge on any atom is 0.109 e. The Morgan fingerprint density at radius 1 is 1.33 bits per heavy atom. The number of aromatic nitrogens is 2. The van der Waals surface area contributed by atoms with Gasteiger partial charge in [-0.05, 0) is 43.5 Å². The van der Waals surface area contributed by atoms with Crippen LogP contribution < -0.4 is 5.73 Å². The fourth-order valence-electron chi connectivity index (χ4n) is 2.31. The Morgan fingerprint density at radius 2 is 2.11 bits per heavy atom. The van der Waals surface area contributed by atoms with E-state index in [4.69, 9.17) is 10.7 Å². The van der Waals surface area contributed by atoms with E-state index in [9.17, 15) is 0 Å². The third kappa shape index (κ3) is 2.72. The van der Waals surface area contributed by atoms with Crippen LogP contribution in [0, 0.1) is 12.8 Å². The van der Waals surface area contributed by atoms with E-state index < -0.39 is 0 Å². The highest BCUT2D eigenvalue weighted by Gasteiger charge is 2.11. The quantitative estimate of drug-likeness (QED) is 0.880. The summed E-state index contributed by atoms with van der Waals surface area (Å²) in [6.45, 7) is 8.35. The minimum atomic E-state index is 0.625. The van der Waals surface area contributed by atoms with E-state index in [0.29, 0.717) is 5.92 Å². The molecule has 0 unspecified atom stereocenters. The van der Waals surface area contributed by atoms with Gasteiger partial charge in [0.15, 0.2) is 0 Å². The zero-order valence-electron chi connectivity index (χ0n) is 11.6. The molecule has 1 aromatic carbocycles. The standard InChI is InChI=1S/C15H23N3/c1-11(2)10-18-14-7-6-12(3)9-13(14)17-15(18)5-4-8-16/h6-7,9,11H,4-5,8,10,16H2,1-3H3. The molecule has 18 heavy (non-hydrogen) atoms. The Labute approximate surface area is 109 Å². The first-order valence-electron chi connectivity index (χ1n) is 6.77. The van der Waals surface area contributed by atoms with Crippen molar-refractivity contribution in [2.45, 2.75) is 40.2 Å². The van der Waals surface area contributed by atoms with Crippen molar-refractivity contribution in [1.29, 1.82) is 0 Å². The van der Waals surface area contributed by atoms with Gasteiger partial charge < -0.3 is 10.3 Å². The van der Waals surface area contributed by atoms with Crippen LogP contribution in [-0.4, -0.2) is 16.1 Å². The van der Waals surface area contributed by atoms with Gasteiger partial charge in [-0.2, -0.15) is 0 Å². The van der Waals surface area contributed by atoms with E-state index >= 15 is 0 Å². The minimum Gasteiger partial charge on any atom is -0.330 e. The Bertz CT molecular complexity index is 526. The maximum atomic E-state index is 5.61. The van der Waals surface area contributed by atoms with E-state index in [1.54, 1.807) is 0 Å². The second-order valence-corrected chi connectivity index (χ2v) is 5.42. The van der Waals surface area contributed by atoms with Crippen molar-refractivity contribution in [3.05, 3.63) is 29.6 Å². The SMILES string of the molecule is Cc1ccc2c(c1)nc(CCCN)n2CC(C)C. The van der Waals surface area contributed by atoms with Gasteiger partial charge in [-0.25, -0.2) is 4.98 Å². The van der Waals surface area contributed by atoms with Crippen molar-refractivity contribution >= 4 is 11.0 Å². The Morgan fingerprint density at radius 3 is 2.78 bits per heavy atom. The molecule has 1 heterocycles. The molecular weight excluding hydrogens is 222 g/mol.